The van der Waals surface area contributed by atoms with Gasteiger partial charge in [0.25, 0.3) is 0 Å². The van der Waals surface area contributed by atoms with Gasteiger partial charge in [0.15, 0.2) is 5.16 Å². The monoisotopic (exact) mass is 264 g/mol. The van der Waals surface area contributed by atoms with E-state index in [2.05, 4.69) is 35.0 Å². The largest absolute Gasteiger partial charge is 0.368 e. The number of hydrogen-bond donors (Lipinski definition) is 2. The summed E-state index contributed by atoms with van der Waals surface area (Å²) >= 11 is 1.28. The maximum atomic E-state index is 5.71. The van der Waals surface area contributed by atoms with E-state index in [1.165, 1.54) is 18.1 Å². The number of nitrogens with two attached hydrogens (primary N) is 1. The summed E-state index contributed by atoms with van der Waals surface area (Å²) in [6.07, 6.45) is 3.76. The summed E-state index contributed by atoms with van der Waals surface area (Å²) < 4.78 is 0. The van der Waals surface area contributed by atoms with Crippen LogP contribution in [0.25, 0.3) is 0 Å². The van der Waals surface area contributed by atoms with Crippen molar-refractivity contribution in [2.45, 2.75) is 23.2 Å². The van der Waals surface area contributed by atoms with Crippen LogP contribution in [0.4, 0.5) is 11.9 Å². The Labute approximate surface area is 107 Å². The van der Waals surface area contributed by atoms with Crippen molar-refractivity contribution >= 4 is 23.7 Å². The molecule has 1 aliphatic heterocycles. The van der Waals surface area contributed by atoms with E-state index in [1.54, 1.807) is 0 Å². The molecule has 0 unspecified atom stereocenters. The molecule has 0 amide bonds. The molecule has 18 heavy (non-hydrogen) atoms. The third-order valence-electron chi connectivity index (χ3n) is 2.59. The number of nitrogen functional groups attached to an aromatic ring is 1. The maximum Gasteiger partial charge on any atom is 0.231 e. The molecule has 0 aromatic carbocycles. The van der Waals surface area contributed by atoms with E-state index >= 15 is 0 Å². The Balaban J connectivity index is 1.85. The van der Waals surface area contributed by atoms with Crippen LogP contribution < -0.4 is 10.6 Å². The van der Waals surface area contributed by atoms with Crippen molar-refractivity contribution in [1.82, 2.24) is 30.1 Å². The number of nitrogens with zero attached hydrogens (tertiary/aromatic N) is 6. The molecule has 0 saturated carbocycles. The highest BCUT2D eigenvalue weighted by atomic mass is 32.2. The van der Waals surface area contributed by atoms with Gasteiger partial charge in [0, 0.05) is 13.1 Å². The Morgan fingerprint density at radius 3 is 2.78 bits per heavy atom. The van der Waals surface area contributed by atoms with Crippen molar-refractivity contribution in [1.29, 1.82) is 0 Å². The standard InChI is InChI=1S/C9H12N8S/c10-6-13-7(17-3-1-2-4-17)15-9(14-6)18-8-11-5-12-16-8/h5H,1-4H2,(H,11,12,16)(H2,10,13,14,15). The van der Waals surface area contributed by atoms with Crippen molar-refractivity contribution in [3.63, 3.8) is 0 Å². The Hall–Kier alpha value is -1.90. The van der Waals surface area contributed by atoms with E-state index in [-0.39, 0.29) is 5.95 Å². The lowest BCUT2D eigenvalue weighted by atomic mass is 10.4. The van der Waals surface area contributed by atoms with E-state index in [1.807, 2.05) is 0 Å². The van der Waals surface area contributed by atoms with Crippen LogP contribution >= 0.6 is 11.8 Å². The number of H-pyrrole nitrogens is 1. The van der Waals surface area contributed by atoms with Gasteiger partial charge in [-0.1, -0.05) is 0 Å². The molecule has 3 rings (SSSR count). The molecule has 3 heterocycles. The fraction of sp³-hybridized carbons (Fsp3) is 0.444. The van der Waals surface area contributed by atoms with Crippen LogP contribution in [0.5, 0.6) is 0 Å². The molecule has 2 aromatic rings. The fourth-order valence-corrected chi connectivity index (χ4v) is 2.43. The molecule has 0 atom stereocenters. The first kappa shape index (κ1) is 11.2. The first-order chi connectivity index (χ1) is 8.81. The van der Waals surface area contributed by atoms with Gasteiger partial charge in [-0.05, 0) is 24.6 Å². The second kappa shape index (κ2) is 4.77. The van der Waals surface area contributed by atoms with E-state index in [4.69, 9.17) is 5.73 Å². The highest BCUT2D eigenvalue weighted by Crippen LogP contribution is 2.23. The summed E-state index contributed by atoms with van der Waals surface area (Å²) in [6.45, 7) is 1.94. The molecule has 94 valence electrons. The van der Waals surface area contributed by atoms with E-state index in [0.717, 1.165) is 25.9 Å². The normalized spacial score (nSPS) is 15.2. The van der Waals surface area contributed by atoms with Gasteiger partial charge in [0.1, 0.15) is 6.33 Å². The third kappa shape index (κ3) is 2.35. The summed E-state index contributed by atoms with van der Waals surface area (Å²) in [7, 11) is 0. The van der Waals surface area contributed by atoms with Crippen LogP contribution in [-0.4, -0.2) is 43.2 Å². The van der Waals surface area contributed by atoms with Crippen molar-refractivity contribution in [3.8, 4) is 0 Å². The highest BCUT2D eigenvalue weighted by Gasteiger charge is 2.17. The summed E-state index contributed by atoms with van der Waals surface area (Å²) in [5.41, 5.74) is 5.71. The van der Waals surface area contributed by atoms with Crippen molar-refractivity contribution in [3.05, 3.63) is 6.33 Å². The maximum absolute atomic E-state index is 5.71. The quantitative estimate of drug-likeness (QED) is 0.815. The summed E-state index contributed by atoms with van der Waals surface area (Å²) in [5.74, 6) is 0.871. The average Bonchev–Trinajstić information content (AvgIpc) is 3.00. The number of aromatic amines is 1. The van der Waals surface area contributed by atoms with E-state index < -0.39 is 0 Å². The lowest BCUT2D eigenvalue weighted by Crippen LogP contribution is -2.21. The Morgan fingerprint density at radius 1 is 1.22 bits per heavy atom. The molecule has 9 heteroatoms. The van der Waals surface area contributed by atoms with Gasteiger partial charge in [-0.2, -0.15) is 20.1 Å². The molecule has 0 aliphatic carbocycles. The molecule has 8 nitrogen and oxygen atoms in total. The summed E-state index contributed by atoms with van der Waals surface area (Å²) in [5, 5.41) is 7.67. The second-order valence-electron chi connectivity index (χ2n) is 3.86. The molecular formula is C9H12N8S. The van der Waals surface area contributed by atoms with Crippen LogP contribution in [0.2, 0.25) is 0 Å². The van der Waals surface area contributed by atoms with Crippen molar-refractivity contribution < 1.29 is 0 Å². The van der Waals surface area contributed by atoms with Crippen LogP contribution in [-0.2, 0) is 0 Å². The number of anilines is 2. The number of aromatic nitrogens is 6. The van der Waals surface area contributed by atoms with E-state index in [0.29, 0.717) is 16.3 Å². The lowest BCUT2D eigenvalue weighted by Gasteiger charge is -2.15. The van der Waals surface area contributed by atoms with Crippen LogP contribution in [0, 0.1) is 0 Å². The molecular weight excluding hydrogens is 252 g/mol. The predicted octanol–water partition coefficient (Wildman–Crippen LogP) is 0.323. The Bertz CT molecular complexity index is 521. The second-order valence-corrected chi connectivity index (χ2v) is 4.82. The molecule has 0 spiro atoms. The molecule has 1 aliphatic rings. The first-order valence-corrected chi connectivity index (χ1v) is 6.42. The molecule has 0 radical (unpaired) electrons. The molecule has 0 bridgehead atoms. The number of rotatable bonds is 3. The van der Waals surface area contributed by atoms with Crippen LogP contribution in [0.15, 0.2) is 16.6 Å². The Morgan fingerprint density at radius 2 is 2.06 bits per heavy atom. The zero-order chi connectivity index (χ0) is 12.4. The predicted molar refractivity (Wildman–Crippen MR) is 66.2 cm³/mol. The zero-order valence-electron chi connectivity index (χ0n) is 9.57. The molecule has 2 aromatic heterocycles. The lowest BCUT2D eigenvalue weighted by molar-refractivity contribution is 0.830. The Kier molecular flexibility index (Phi) is 2.97. The highest BCUT2D eigenvalue weighted by molar-refractivity contribution is 7.99. The number of hydrogen-bond acceptors (Lipinski definition) is 8. The fourth-order valence-electron chi connectivity index (χ4n) is 1.80. The van der Waals surface area contributed by atoms with Gasteiger partial charge in [-0.25, -0.2) is 4.98 Å². The van der Waals surface area contributed by atoms with Crippen molar-refractivity contribution in [2.75, 3.05) is 23.7 Å². The summed E-state index contributed by atoms with van der Waals surface area (Å²) in [6, 6.07) is 0. The first-order valence-electron chi connectivity index (χ1n) is 5.61. The minimum absolute atomic E-state index is 0.230. The van der Waals surface area contributed by atoms with Gasteiger partial charge < -0.3 is 10.6 Å². The van der Waals surface area contributed by atoms with Crippen LogP contribution in [0.3, 0.4) is 0 Å². The van der Waals surface area contributed by atoms with Gasteiger partial charge in [-0.15, -0.1) is 0 Å². The van der Waals surface area contributed by atoms with Gasteiger partial charge in [0.2, 0.25) is 17.1 Å². The third-order valence-corrected chi connectivity index (χ3v) is 3.35. The zero-order valence-corrected chi connectivity index (χ0v) is 10.4. The topological polar surface area (TPSA) is 109 Å². The SMILES string of the molecule is Nc1nc(Sc2ncn[nH]2)nc(N2CCCC2)n1. The molecule has 1 fully saturated rings. The molecule has 3 N–H and O–H groups in total. The smallest absolute Gasteiger partial charge is 0.231 e. The summed E-state index contributed by atoms with van der Waals surface area (Å²) in [4.78, 5) is 18.8. The molecule has 1 saturated heterocycles. The van der Waals surface area contributed by atoms with Gasteiger partial charge >= 0.3 is 0 Å². The van der Waals surface area contributed by atoms with Gasteiger partial charge in [0.05, 0.1) is 0 Å². The number of nitrogens with one attached hydrogen (secondary N) is 1. The average molecular weight is 264 g/mol. The van der Waals surface area contributed by atoms with Crippen molar-refractivity contribution in [2.24, 2.45) is 0 Å². The van der Waals surface area contributed by atoms with Crippen LogP contribution in [0.1, 0.15) is 12.8 Å². The minimum atomic E-state index is 0.230. The minimum Gasteiger partial charge on any atom is -0.368 e. The van der Waals surface area contributed by atoms with E-state index in [9.17, 15) is 0 Å². The van der Waals surface area contributed by atoms with Gasteiger partial charge in [-0.3, -0.25) is 5.10 Å².